The highest BCUT2D eigenvalue weighted by Crippen LogP contribution is 2.09. The van der Waals surface area contributed by atoms with Gasteiger partial charge in [0.2, 0.25) is 0 Å². The molecule has 0 aliphatic carbocycles. The van der Waals surface area contributed by atoms with E-state index in [0.717, 1.165) is 12.4 Å². The highest BCUT2D eigenvalue weighted by Gasteiger charge is 1.95. The second-order valence-electron chi connectivity index (χ2n) is 4.25. The fourth-order valence-electron chi connectivity index (χ4n) is 1.74. The first-order valence-corrected chi connectivity index (χ1v) is 6.54. The number of unbranched alkanes of at least 4 members (excludes halogenated alkanes) is 5. The van der Waals surface area contributed by atoms with Crippen LogP contribution in [-0.2, 0) is 0 Å². The zero-order valence-corrected chi connectivity index (χ0v) is 10.7. The van der Waals surface area contributed by atoms with E-state index in [4.69, 9.17) is 5.84 Å². The summed E-state index contributed by atoms with van der Waals surface area (Å²) in [5.74, 6) is 6.88. The van der Waals surface area contributed by atoms with Gasteiger partial charge in [0.05, 0.1) is 0 Å². The van der Waals surface area contributed by atoms with E-state index in [9.17, 15) is 0 Å². The third-order valence-electron chi connectivity index (χ3n) is 2.73. The number of nitrogens with zero attached hydrogens (tertiary/aromatic N) is 1. The van der Waals surface area contributed by atoms with Crippen molar-refractivity contribution in [2.24, 2.45) is 5.84 Å². The SMILES string of the molecule is CCCCCCCCNc1cccc(NN)n1. The van der Waals surface area contributed by atoms with Crippen LogP contribution in [0.1, 0.15) is 45.4 Å². The van der Waals surface area contributed by atoms with Crippen LogP contribution in [0.2, 0.25) is 0 Å². The molecule has 0 saturated heterocycles. The summed E-state index contributed by atoms with van der Waals surface area (Å²) in [5.41, 5.74) is 2.54. The lowest BCUT2D eigenvalue weighted by molar-refractivity contribution is 0.617. The van der Waals surface area contributed by atoms with Crippen molar-refractivity contribution in [2.45, 2.75) is 45.4 Å². The topological polar surface area (TPSA) is 63.0 Å². The largest absolute Gasteiger partial charge is 0.370 e. The van der Waals surface area contributed by atoms with Crippen molar-refractivity contribution in [1.29, 1.82) is 0 Å². The van der Waals surface area contributed by atoms with Crippen LogP contribution < -0.4 is 16.6 Å². The summed E-state index contributed by atoms with van der Waals surface area (Å²) in [5, 5.41) is 3.30. The minimum absolute atomic E-state index is 0.693. The third-order valence-corrected chi connectivity index (χ3v) is 2.73. The molecule has 1 aromatic heterocycles. The Morgan fingerprint density at radius 1 is 1.06 bits per heavy atom. The van der Waals surface area contributed by atoms with Crippen molar-refractivity contribution in [3.63, 3.8) is 0 Å². The highest BCUT2D eigenvalue weighted by molar-refractivity contribution is 5.44. The smallest absolute Gasteiger partial charge is 0.142 e. The van der Waals surface area contributed by atoms with Crippen LogP contribution in [0, 0.1) is 0 Å². The molecule has 0 aromatic carbocycles. The molecule has 96 valence electrons. The van der Waals surface area contributed by atoms with Crippen molar-refractivity contribution < 1.29 is 0 Å². The van der Waals surface area contributed by atoms with Gasteiger partial charge in [-0.25, -0.2) is 10.8 Å². The minimum Gasteiger partial charge on any atom is -0.370 e. The summed E-state index contributed by atoms with van der Waals surface area (Å²) >= 11 is 0. The Kier molecular flexibility index (Phi) is 7.14. The van der Waals surface area contributed by atoms with Gasteiger partial charge in [-0.15, -0.1) is 0 Å². The number of nitrogen functional groups attached to an aromatic ring is 1. The summed E-state index contributed by atoms with van der Waals surface area (Å²) in [4.78, 5) is 4.29. The van der Waals surface area contributed by atoms with E-state index in [-0.39, 0.29) is 0 Å². The Morgan fingerprint density at radius 3 is 2.53 bits per heavy atom. The summed E-state index contributed by atoms with van der Waals surface area (Å²) in [7, 11) is 0. The average molecular weight is 236 g/mol. The standard InChI is InChI=1S/C13H24N4/c1-2-3-4-5-6-7-11-15-12-9-8-10-13(16-12)17-14/h8-10H,2-7,11,14H2,1H3,(H2,15,16,17). The van der Waals surface area contributed by atoms with Crippen molar-refractivity contribution in [2.75, 3.05) is 17.3 Å². The molecule has 0 fully saturated rings. The Hall–Kier alpha value is -1.29. The molecule has 4 nitrogen and oxygen atoms in total. The molecule has 1 heterocycles. The summed E-state index contributed by atoms with van der Waals surface area (Å²) < 4.78 is 0. The summed E-state index contributed by atoms with van der Waals surface area (Å²) in [6.45, 7) is 3.22. The van der Waals surface area contributed by atoms with Gasteiger partial charge in [0.25, 0.3) is 0 Å². The maximum Gasteiger partial charge on any atom is 0.142 e. The average Bonchev–Trinajstić information content (AvgIpc) is 2.38. The molecule has 0 radical (unpaired) electrons. The molecule has 0 amide bonds. The van der Waals surface area contributed by atoms with Gasteiger partial charge in [0.15, 0.2) is 0 Å². The monoisotopic (exact) mass is 236 g/mol. The number of aromatic nitrogens is 1. The molecule has 1 rings (SSSR count). The molecule has 4 N–H and O–H groups in total. The van der Waals surface area contributed by atoms with Crippen LogP contribution in [0.3, 0.4) is 0 Å². The molecule has 17 heavy (non-hydrogen) atoms. The summed E-state index contributed by atoms with van der Waals surface area (Å²) in [6.07, 6.45) is 7.86. The maximum absolute atomic E-state index is 5.30. The van der Waals surface area contributed by atoms with Crippen molar-refractivity contribution in [1.82, 2.24) is 4.98 Å². The first-order valence-electron chi connectivity index (χ1n) is 6.54. The van der Waals surface area contributed by atoms with E-state index in [1.807, 2.05) is 18.2 Å². The maximum atomic E-state index is 5.30. The first-order chi connectivity index (χ1) is 8.36. The van der Waals surface area contributed by atoms with Crippen molar-refractivity contribution in [3.05, 3.63) is 18.2 Å². The molecular weight excluding hydrogens is 212 g/mol. The van der Waals surface area contributed by atoms with Crippen molar-refractivity contribution in [3.8, 4) is 0 Å². The molecule has 0 atom stereocenters. The quantitative estimate of drug-likeness (QED) is 0.350. The number of pyridine rings is 1. The molecule has 0 bridgehead atoms. The predicted octanol–water partition coefficient (Wildman–Crippen LogP) is 3.14. The van der Waals surface area contributed by atoms with Gasteiger partial charge in [0.1, 0.15) is 11.6 Å². The number of hydrogen-bond acceptors (Lipinski definition) is 4. The molecule has 0 saturated carbocycles. The lowest BCUT2D eigenvalue weighted by atomic mass is 10.1. The van der Waals surface area contributed by atoms with Gasteiger partial charge in [-0.3, -0.25) is 0 Å². The van der Waals surface area contributed by atoms with Crippen molar-refractivity contribution >= 4 is 11.6 Å². The number of anilines is 2. The van der Waals surface area contributed by atoms with Crippen LogP contribution in [0.15, 0.2) is 18.2 Å². The zero-order chi connectivity index (χ0) is 12.3. The molecule has 4 heteroatoms. The number of nitrogens with one attached hydrogen (secondary N) is 2. The summed E-state index contributed by atoms with van der Waals surface area (Å²) in [6, 6.07) is 5.74. The molecule has 1 aromatic rings. The Bertz CT molecular complexity index is 301. The van der Waals surface area contributed by atoms with Gasteiger partial charge in [-0.05, 0) is 18.6 Å². The normalized spacial score (nSPS) is 10.2. The lowest BCUT2D eigenvalue weighted by Crippen LogP contribution is -2.10. The van der Waals surface area contributed by atoms with Crippen LogP contribution in [-0.4, -0.2) is 11.5 Å². The fraction of sp³-hybridized carbons (Fsp3) is 0.615. The van der Waals surface area contributed by atoms with Gasteiger partial charge < -0.3 is 10.7 Å². The van der Waals surface area contributed by atoms with Crippen LogP contribution in [0.4, 0.5) is 11.6 Å². The Morgan fingerprint density at radius 2 is 1.76 bits per heavy atom. The van der Waals surface area contributed by atoms with Crippen LogP contribution >= 0.6 is 0 Å². The third kappa shape index (κ3) is 6.12. The van der Waals surface area contributed by atoms with Crippen LogP contribution in [0.5, 0.6) is 0 Å². The van der Waals surface area contributed by atoms with E-state index in [1.165, 1.54) is 38.5 Å². The van der Waals surface area contributed by atoms with E-state index >= 15 is 0 Å². The zero-order valence-electron chi connectivity index (χ0n) is 10.7. The second-order valence-corrected chi connectivity index (χ2v) is 4.25. The number of rotatable bonds is 9. The Labute approximate surface area is 104 Å². The fourth-order valence-corrected chi connectivity index (χ4v) is 1.74. The molecule has 0 unspecified atom stereocenters. The number of nitrogens with two attached hydrogens (primary N) is 1. The van der Waals surface area contributed by atoms with Gasteiger partial charge in [-0.2, -0.15) is 0 Å². The van der Waals surface area contributed by atoms with E-state index in [0.29, 0.717) is 5.82 Å². The van der Waals surface area contributed by atoms with Crippen LogP contribution in [0.25, 0.3) is 0 Å². The molecular formula is C13H24N4. The highest BCUT2D eigenvalue weighted by atomic mass is 15.3. The van der Waals surface area contributed by atoms with Gasteiger partial charge in [0, 0.05) is 6.54 Å². The van der Waals surface area contributed by atoms with E-state index in [2.05, 4.69) is 22.7 Å². The van der Waals surface area contributed by atoms with Gasteiger partial charge >= 0.3 is 0 Å². The number of hydrogen-bond donors (Lipinski definition) is 3. The second kappa shape index (κ2) is 8.82. The molecule has 0 aliphatic heterocycles. The minimum atomic E-state index is 0.693. The first kappa shape index (κ1) is 13.8. The van der Waals surface area contributed by atoms with Gasteiger partial charge in [-0.1, -0.05) is 45.1 Å². The molecule has 0 spiro atoms. The predicted molar refractivity (Wildman–Crippen MR) is 73.9 cm³/mol. The molecule has 0 aliphatic rings. The lowest BCUT2D eigenvalue weighted by Gasteiger charge is -2.06. The van der Waals surface area contributed by atoms with E-state index < -0.39 is 0 Å². The Balaban J connectivity index is 2.09. The number of hydrazine groups is 1. The van der Waals surface area contributed by atoms with E-state index in [1.54, 1.807) is 0 Å².